The number of hydrogen-bond acceptors (Lipinski definition) is 2. The summed E-state index contributed by atoms with van der Waals surface area (Å²) in [6.45, 7) is 2.17. The highest BCUT2D eigenvalue weighted by Gasteiger charge is 2.30. The van der Waals surface area contributed by atoms with Crippen LogP contribution in [0.15, 0.2) is 0 Å². The van der Waals surface area contributed by atoms with Crippen LogP contribution in [0.3, 0.4) is 0 Å². The molecule has 0 heterocycles. The van der Waals surface area contributed by atoms with Gasteiger partial charge in [0.1, 0.15) is 6.61 Å². The Morgan fingerprint density at radius 2 is 1.79 bits per heavy atom. The lowest BCUT2D eigenvalue weighted by Gasteiger charge is -2.26. The fraction of sp³-hybridized carbons (Fsp3) is 1.00. The Hall–Kier alpha value is -0.290. The van der Waals surface area contributed by atoms with Gasteiger partial charge in [-0.25, -0.2) is 0 Å². The van der Waals surface area contributed by atoms with Crippen LogP contribution in [0.4, 0.5) is 13.2 Å². The zero-order chi connectivity index (χ0) is 11.2. The van der Waals surface area contributed by atoms with Crippen LogP contribution in [-0.4, -0.2) is 31.1 Å². The second kappa shape index (κ2) is 5.56. The number of aliphatic hydroxyl groups is 1. The molecule has 2 nitrogen and oxygen atoms in total. The van der Waals surface area contributed by atoms with Gasteiger partial charge in [-0.15, -0.1) is 0 Å². The van der Waals surface area contributed by atoms with Crippen molar-refractivity contribution in [3.8, 4) is 0 Å². The highest BCUT2D eigenvalue weighted by molar-refractivity contribution is 4.72. The summed E-state index contributed by atoms with van der Waals surface area (Å²) in [5.41, 5.74) is -0.556. The minimum absolute atomic E-state index is 0.0587. The van der Waals surface area contributed by atoms with E-state index >= 15 is 0 Å². The first kappa shape index (κ1) is 13.7. The van der Waals surface area contributed by atoms with Crippen LogP contribution in [0.25, 0.3) is 0 Å². The molecule has 1 N–H and O–H groups in total. The number of ether oxygens (including phenoxy) is 1. The third-order valence-electron chi connectivity index (χ3n) is 1.95. The van der Waals surface area contributed by atoms with Gasteiger partial charge in [0.2, 0.25) is 0 Å². The van der Waals surface area contributed by atoms with E-state index in [1.807, 2.05) is 6.92 Å². The SMILES string of the molecule is CCCC(C)(CO)COCC(F)(F)F. The van der Waals surface area contributed by atoms with Gasteiger partial charge in [0.05, 0.1) is 13.2 Å². The monoisotopic (exact) mass is 214 g/mol. The van der Waals surface area contributed by atoms with Crippen molar-refractivity contribution >= 4 is 0 Å². The molecule has 0 spiro atoms. The summed E-state index contributed by atoms with van der Waals surface area (Å²) in [7, 11) is 0. The summed E-state index contributed by atoms with van der Waals surface area (Å²) in [4.78, 5) is 0. The summed E-state index contributed by atoms with van der Waals surface area (Å²) in [5, 5.41) is 8.98. The Bertz CT molecular complexity index is 159. The molecule has 0 aliphatic carbocycles. The molecule has 0 rings (SSSR count). The Labute approximate surface area is 82.1 Å². The Balaban J connectivity index is 3.84. The van der Waals surface area contributed by atoms with Crippen LogP contribution < -0.4 is 0 Å². The summed E-state index contributed by atoms with van der Waals surface area (Å²) in [6.07, 6.45) is -2.82. The van der Waals surface area contributed by atoms with Crippen molar-refractivity contribution < 1.29 is 23.0 Å². The first-order valence-corrected chi connectivity index (χ1v) is 4.58. The predicted molar refractivity (Wildman–Crippen MR) is 47.0 cm³/mol. The van der Waals surface area contributed by atoms with Crippen molar-refractivity contribution in [2.45, 2.75) is 32.9 Å². The molecule has 0 aliphatic heterocycles. The molecule has 0 aromatic rings. The van der Waals surface area contributed by atoms with E-state index in [0.717, 1.165) is 6.42 Å². The minimum atomic E-state index is -4.29. The van der Waals surface area contributed by atoms with Gasteiger partial charge in [-0.05, 0) is 6.42 Å². The normalized spacial score (nSPS) is 16.7. The van der Waals surface area contributed by atoms with Gasteiger partial charge in [-0.1, -0.05) is 20.3 Å². The van der Waals surface area contributed by atoms with E-state index in [1.54, 1.807) is 6.92 Å². The van der Waals surface area contributed by atoms with Gasteiger partial charge < -0.3 is 9.84 Å². The van der Waals surface area contributed by atoms with Crippen LogP contribution in [0.2, 0.25) is 0 Å². The molecule has 0 aliphatic rings. The van der Waals surface area contributed by atoms with E-state index < -0.39 is 18.2 Å². The molecular formula is C9H17F3O2. The Kier molecular flexibility index (Phi) is 5.44. The van der Waals surface area contributed by atoms with Crippen LogP contribution >= 0.6 is 0 Å². The summed E-state index contributed by atoms with van der Waals surface area (Å²) >= 11 is 0. The summed E-state index contributed by atoms with van der Waals surface area (Å²) in [6, 6.07) is 0. The fourth-order valence-electron chi connectivity index (χ4n) is 1.21. The Morgan fingerprint density at radius 1 is 1.21 bits per heavy atom. The molecule has 0 bridgehead atoms. The molecule has 0 fully saturated rings. The molecule has 0 aromatic carbocycles. The summed E-state index contributed by atoms with van der Waals surface area (Å²) in [5.74, 6) is 0. The number of alkyl halides is 3. The van der Waals surface area contributed by atoms with E-state index in [2.05, 4.69) is 4.74 Å². The minimum Gasteiger partial charge on any atom is -0.396 e. The number of rotatable bonds is 6. The third-order valence-corrected chi connectivity index (χ3v) is 1.95. The Morgan fingerprint density at radius 3 is 2.14 bits per heavy atom. The molecule has 0 saturated heterocycles. The van der Waals surface area contributed by atoms with Gasteiger partial charge in [0.15, 0.2) is 0 Å². The van der Waals surface area contributed by atoms with Crippen molar-refractivity contribution in [2.75, 3.05) is 19.8 Å². The number of aliphatic hydroxyl groups excluding tert-OH is 1. The van der Waals surface area contributed by atoms with Gasteiger partial charge in [-0.3, -0.25) is 0 Å². The lowest BCUT2D eigenvalue weighted by Crippen LogP contribution is -2.30. The van der Waals surface area contributed by atoms with Crippen molar-refractivity contribution in [1.29, 1.82) is 0 Å². The van der Waals surface area contributed by atoms with Gasteiger partial charge in [-0.2, -0.15) is 13.2 Å². The molecule has 0 radical (unpaired) electrons. The van der Waals surface area contributed by atoms with Gasteiger partial charge in [0.25, 0.3) is 0 Å². The molecule has 86 valence electrons. The lowest BCUT2D eigenvalue weighted by atomic mass is 9.88. The van der Waals surface area contributed by atoms with E-state index in [0.29, 0.717) is 6.42 Å². The average Bonchev–Trinajstić information content (AvgIpc) is 2.02. The molecule has 0 aromatic heterocycles. The molecule has 1 atom stereocenters. The summed E-state index contributed by atoms with van der Waals surface area (Å²) < 4.78 is 39.7. The van der Waals surface area contributed by atoms with E-state index in [9.17, 15) is 13.2 Å². The van der Waals surface area contributed by atoms with Gasteiger partial charge in [0, 0.05) is 5.41 Å². The molecule has 14 heavy (non-hydrogen) atoms. The smallest absolute Gasteiger partial charge is 0.396 e. The van der Waals surface area contributed by atoms with E-state index in [1.165, 1.54) is 0 Å². The topological polar surface area (TPSA) is 29.5 Å². The second-order valence-electron chi connectivity index (χ2n) is 3.83. The van der Waals surface area contributed by atoms with Crippen LogP contribution in [0.5, 0.6) is 0 Å². The zero-order valence-electron chi connectivity index (χ0n) is 8.52. The standard InChI is InChI=1S/C9H17F3O2/c1-3-4-8(2,5-13)6-14-7-9(10,11)12/h13H,3-7H2,1-2H3. The largest absolute Gasteiger partial charge is 0.411 e. The van der Waals surface area contributed by atoms with Crippen LogP contribution in [0, 0.1) is 5.41 Å². The molecule has 0 amide bonds. The van der Waals surface area contributed by atoms with Crippen molar-refractivity contribution in [3.05, 3.63) is 0 Å². The maximum Gasteiger partial charge on any atom is 0.411 e. The van der Waals surface area contributed by atoms with Crippen molar-refractivity contribution in [1.82, 2.24) is 0 Å². The lowest BCUT2D eigenvalue weighted by molar-refractivity contribution is -0.182. The van der Waals surface area contributed by atoms with Crippen molar-refractivity contribution in [3.63, 3.8) is 0 Å². The highest BCUT2D eigenvalue weighted by atomic mass is 19.4. The zero-order valence-corrected chi connectivity index (χ0v) is 8.52. The maximum absolute atomic E-state index is 11.7. The fourth-order valence-corrected chi connectivity index (χ4v) is 1.21. The second-order valence-corrected chi connectivity index (χ2v) is 3.83. The average molecular weight is 214 g/mol. The van der Waals surface area contributed by atoms with E-state index in [4.69, 9.17) is 5.11 Å². The van der Waals surface area contributed by atoms with E-state index in [-0.39, 0.29) is 13.2 Å². The third kappa shape index (κ3) is 6.21. The first-order chi connectivity index (χ1) is 6.33. The van der Waals surface area contributed by atoms with Gasteiger partial charge >= 0.3 is 6.18 Å². The van der Waals surface area contributed by atoms with Crippen molar-refractivity contribution in [2.24, 2.45) is 5.41 Å². The van der Waals surface area contributed by atoms with Crippen LogP contribution in [0.1, 0.15) is 26.7 Å². The molecular weight excluding hydrogens is 197 g/mol. The highest BCUT2D eigenvalue weighted by Crippen LogP contribution is 2.24. The predicted octanol–water partition coefficient (Wildman–Crippen LogP) is 2.36. The molecule has 0 saturated carbocycles. The quantitative estimate of drug-likeness (QED) is 0.735. The van der Waals surface area contributed by atoms with Crippen LogP contribution in [-0.2, 0) is 4.74 Å². The molecule has 5 heteroatoms. The number of hydrogen-bond donors (Lipinski definition) is 1. The molecule has 1 unspecified atom stereocenters. The maximum atomic E-state index is 11.7. The first-order valence-electron chi connectivity index (χ1n) is 4.58. The number of halogens is 3.